The molecule has 2 rings (SSSR count). The van der Waals surface area contributed by atoms with E-state index < -0.39 is 48.4 Å². The van der Waals surface area contributed by atoms with Crippen molar-refractivity contribution in [1.29, 1.82) is 5.26 Å². The van der Waals surface area contributed by atoms with Crippen molar-refractivity contribution in [2.24, 2.45) is 0 Å². The number of nitriles is 1. The maximum atomic E-state index is 12.9. The number of benzene rings is 1. The minimum absolute atomic E-state index is 0.138. The molecule has 0 spiro atoms. The molecular formula is C14H8ClF6N3O2S. The Morgan fingerprint density at radius 2 is 1.70 bits per heavy atom. The maximum Gasteiger partial charge on any atom is 0.502 e. The Kier molecular flexibility index (Phi) is 5.00. The van der Waals surface area contributed by atoms with Crippen LogP contribution in [0.25, 0.3) is 5.69 Å². The van der Waals surface area contributed by atoms with Crippen LogP contribution < -0.4 is 0 Å². The topological polar surface area (TPSA) is 75.8 Å². The van der Waals surface area contributed by atoms with Crippen LogP contribution in [0.1, 0.15) is 22.5 Å². The largest absolute Gasteiger partial charge is 0.502 e. The SMILES string of the molecule is Cc1cc(C(F)(F)F)cc(Cl)c1-n1nc(C#N)c(S(=O)(=O)C(F)(F)F)c1C. The molecule has 0 bridgehead atoms. The Morgan fingerprint density at radius 1 is 1.15 bits per heavy atom. The Bertz CT molecular complexity index is 1040. The maximum absolute atomic E-state index is 12.9. The zero-order chi connectivity index (χ0) is 20.9. The summed E-state index contributed by atoms with van der Waals surface area (Å²) in [5, 5.41) is 12.0. The van der Waals surface area contributed by atoms with Crippen LogP contribution in [0, 0.1) is 25.2 Å². The van der Waals surface area contributed by atoms with Gasteiger partial charge in [-0.2, -0.15) is 36.7 Å². The number of sulfone groups is 1. The summed E-state index contributed by atoms with van der Waals surface area (Å²) in [7, 11) is -5.92. The van der Waals surface area contributed by atoms with Crippen LogP contribution >= 0.6 is 11.6 Å². The normalized spacial score (nSPS) is 12.9. The number of hydrogen-bond acceptors (Lipinski definition) is 4. The second-order valence-electron chi connectivity index (χ2n) is 5.36. The lowest BCUT2D eigenvalue weighted by molar-refractivity contribution is -0.137. The van der Waals surface area contributed by atoms with Gasteiger partial charge in [-0.15, -0.1) is 0 Å². The van der Waals surface area contributed by atoms with Crippen molar-refractivity contribution < 1.29 is 34.8 Å². The predicted molar refractivity (Wildman–Crippen MR) is 81.0 cm³/mol. The summed E-state index contributed by atoms with van der Waals surface area (Å²) in [6.07, 6.45) is -4.73. The molecule has 27 heavy (non-hydrogen) atoms. The number of nitrogens with zero attached hydrogens (tertiary/aromatic N) is 3. The highest BCUT2D eigenvalue weighted by molar-refractivity contribution is 7.92. The van der Waals surface area contributed by atoms with Crippen LogP contribution in [0.15, 0.2) is 17.0 Å². The van der Waals surface area contributed by atoms with Gasteiger partial charge in [0.25, 0.3) is 9.84 Å². The zero-order valence-corrected chi connectivity index (χ0v) is 14.9. The van der Waals surface area contributed by atoms with Gasteiger partial charge in [0, 0.05) is 0 Å². The van der Waals surface area contributed by atoms with Gasteiger partial charge in [0.1, 0.15) is 11.0 Å². The van der Waals surface area contributed by atoms with Crippen molar-refractivity contribution in [3.63, 3.8) is 0 Å². The second-order valence-corrected chi connectivity index (χ2v) is 7.64. The third kappa shape index (κ3) is 3.49. The highest BCUT2D eigenvalue weighted by atomic mass is 35.5. The first-order valence-electron chi connectivity index (χ1n) is 6.81. The van der Waals surface area contributed by atoms with Crippen molar-refractivity contribution in [3.05, 3.63) is 39.7 Å². The lowest BCUT2D eigenvalue weighted by atomic mass is 10.1. The Morgan fingerprint density at radius 3 is 2.11 bits per heavy atom. The van der Waals surface area contributed by atoms with E-state index in [4.69, 9.17) is 16.9 Å². The fourth-order valence-electron chi connectivity index (χ4n) is 2.38. The average molecular weight is 432 g/mol. The molecule has 5 nitrogen and oxygen atoms in total. The fraction of sp³-hybridized carbons (Fsp3) is 0.286. The van der Waals surface area contributed by atoms with Crippen molar-refractivity contribution in [3.8, 4) is 11.8 Å². The number of alkyl halides is 6. The van der Waals surface area contributed by atoms with E-state index in [2.05, 4.69) is 5.10 Å². The highest BCUT2D eigenvalue weighted by Gasteiger charge is 2.50. The molecule has 13 heteroatoms. The summed E-state index contributed by atoms with van der Waals surface area (Å²) < 4.78 is 101. The average Bonchev–Trinajstić information content (AvgIpc) is 2.81. The van der Waals surface area contributed by atoms with E-state index in [1.54, 1.807) is 0 Å². The van der Waals surface area contributed by atoms with E-state index in [0.29, 0.717) is 16.8 Å². The molecular weight excluding hydrogens is 424 g/mol. The zero-order valence-electron chi connectivity index (χ0n) is 13.4. The van der Waals surface area contributed by atoms with Crippen molar-refractivity contribution in [1.82, 2.24) is 9.78 Å². The number of hydrogen-bond donors (Lipinski definition) is 0. The van der Waals surface area contributed by atoms with Crippen molar-refractivity contribution in [2.75, 3.05) is 0 Å². The molecule has 1 heterocycles. The summed E-state index contributed by atoms with van der Waals surface area (Å²) in [4.78, 5) is -1.38. The molecule has 0 aliphatic heterocycles. The second kappa shape index (κ2) is 6.42. The summed E-state index contributed by atoms with van der Waals surface area (Å²) >= 11 is 5.84. The van der Waals surface area contributed by atoms with Crippen molar-refractivity contribution >= 4 is 21.4 Å². The molecule has 0 atom stereocenters. The van der Waals surface area contributed by atoms with Crippen LogP contribution in [-0.2, 0) is 16.0 Å². The van der Waals surface area contributed by atoms with E-state index >= 15 is 0 Å². The lowest BCUT2D eigenvalue weighted by Crippen LogP contribution is -2.24. The van der Waals surface area contributed by atoms with Crippen molar-refractivity contribution in [2.45, 2.75) is 30.4 Å². The van der Waals surface area contributed by atoms with Crippen LogP contribution in [0.3, 0.4) is 0 Å². The number of aryl methyl sites for hydroxylation is 1. The minimum atomic E-state index is -5.92. The minimum Gasteiger partial charge on any atom is -0.234 e. The molecule has 0 aliphatic rings. The molecule has 2 aromatic rings. The van der Waals surface area contributed by atoms with Crippen LogP contribution in [0.2, 0.25) is 5.02 Å². The van der Waals surface area contributed by atoms with Gasteiger partial charge in [0.2, 0.25) is 0 Å². The summed E-state index contributed by atoms with van der Waals surface area (Å²) in [5.41, 5.74) is -8.89. The fourth-order valence-corrected chi connectivity index (χ4v) is 3.78. The number of halogens is 7. The van der Waals surface area contributed by atoms with Gasteiger partial charge in [-0.25, -0.2) is 13.1 Å². The summed E-state index contributed by atoms with van der Waals surface area (Å²) in [6.45, 7) is 2.11. The Labute approximate surface area is 153 Å². The first kappa shape index (κ1) is 21.0. The summed E-state index contributed by atoms with van der Waals surface area (Å²) in [6, 6.07) is 2.44. The molecule has 0 saturated carbocycles. The molecule has 146 valence electrons. The van der Waals surface area contributed by atoms with E-state index in [1.165, 1.54) is 13.0 Å². The van der Waals surface area contributed by atoms with Crippen LogP contribution in [-0.4, -0.2) is 23.7 Å². The smallest absolute Gasteiger partial charge is 0.234 e. The molecule has 0 radical (unpaired) electrons. The number of aromatic nitrogens is 2. The van der Waals surface area contributed by atoms with E-state index in [1.807, 2.05) is 0 Å². The van der Waals surface area contributed by atoms with E-state index in [-0.39, 0.29) is 11.3 Å². The third-order valence-corrected chi connectivity index (χ3v) is 5.46. The molecule has 0 saturated heterocycles. The highest BCUT2D eigenvalue weighted by Crippen LogP contribution is 2.38. The quantitative estimate of drug-likeness (QED) is 0.663. The van der Waals surface area contributed by atoms with Gasteiger partial charge >= 0.3 is 11.7 Å². The molecule has 0 amide bonds. The molecule has 0 unspecified atom stereocenters. The lowest BCUT2D eigenvalue weighted by Gasteiger charge is -2.15. The molecule has 1 aromatic carbocycles. The van der Waals surface area contributed by atoms with Gasteiger partial charge in [-0.05, 0) is 31.5 Å². The van der Waals surface area contributed by atoms with Crippen LogP contribution in [0.4, 0.5) is 26.3 Å². The Balaban J connectivity index is 2.83. The standard InChI is InChI=1S/C14H8ClF6N3O2S/c1-6-3-8(13(16,17)18)4-9(15)11(6)24-7(2)12(10(5-22)23-24)27(25,26)14(19,20)21/h3-4H,1-2H3. The van der Waals surface area contributed by atoms with Gasteiger partial charge < -0.3 is 0 Å². The van der Waals surface area contributed by atoms with Gasteiger partial charge in [0.15, 0.2) is 5.69 Å². The van der Waals surface area contributed by atoms with E-state index in [9.17, 15) is 34.8 Å². The monoisotopic (exact) mass is 431 g/mol. The molecule has 0 fully saturated rings. The van der Waals surface area contributed by atoms with Gasteiger partial charge in [-0.1, -0.05) is 11.6 Å². The molecule has 0 aliphatic carbocycles. The Hall–Kier alpha value is -2.26. The molecule has 0 N–H and O–H groups in total. The predicted octanol–water partition coefficient (Wildman–Crippen LogP) is 4.33. The summed E-state index contributed by atoms with van der Waals surface area (Å²) in [5.74, 6) is 0. The van der Waals surface area contributed by atoms with E-state index in [0.717, 1.165) is 6.92 Å². The van der Waals surface area contributed by atoms with Gasteiger partial charge in [-0.3, -0.25) is 0 Å². The molecule has 1 aromatic heterocycles. The first-order chi connectivity index (χ1) is 12.1. The van der Waals surface area contributed by atoms with Gasteiger partial charge in [0.05, 0.1) is 22.0 Å². The third-order valence-electron chi connectivity index (χ3n) is 3.53. The van der Waals surface area contributed by atoms with Crippen LogP contribution in [0.5, 0.6) is 0 Å². The number of rotatable bonds is 2. The first-order valence-corrected chi connectivity index (χ1v) is 8.67.